The van der Waals surface area contributed by atoms with Crippen molar-refractivity contribution in [3.8, 4) is 28.4 Å². The van der Waals surface area contributed by atoms with E-state index in [0.717, 1.165) is 20.8 Å². The van der Waals surface area contributed by atoms with Gasteiger partial charge in [0.05, 0.1) is 32.5 Å². The van der Waals surface area contributed by atoms with Crippen LogP contribution >= 0.6 is 7.82 Å². The number of aliphatic hydroxyl groups is 2. The zero-order valence-electron chi connectivity index (χ0n) is 27.1. The van der Waals surface area contributed by atoms with Gasteiger partial charge in [-0.1, -0.05) is 6.07 Å². The Morgan fingerprint density at radius 2 is 1.48 bits per heavy atom. The molecule has 0 radical (unpaired) electrons. The lowest BCUT2D eigenvalue weighted by Crippen LogP contribution is -2.59. The third-order valence-corrected chi connectivity index (χ3v) is 8.21. The van der Waals surface area contributed by atoms with E-state index in [1.54, 1.807) is 0 Å². The summed E-state index contributed by atoms with van der Waals surface area (Å²) in [5.41, 5.74) is 1.34. The number of fused-ring (bicyclic) bond motifs is 2. The summed E-state index contributed by atoms with van der Waals surface area (Å²) in [7, 11) is -3.73. The van der Waals surface area contributed by atoms with Crippen LogP contribution in [0.2, 0.25) is 0 Å². The summed E-state index contributed by atoms with van der Waals surface area (Å²) in [6.45, 7) is 1.65. The number of phosphoric ester groups is 1. The average Bonchev–Trinajstić information content (AvgIpc) is 3.42. The van der Waals surface area contributed by atoms with Crippen LogP contribution in [-0.4, -0.2) is 82.2 Å². The Bertz CT molecular complexity index is 1900. The fraction of sp³-hybridized carbons (Fsp3) is 0.375. The van der Waals surface area contributed by atoms with E-state index in [1.165, 1.54) is 37.4 Å². The standard InChI is InChI=1S/C32H33O17P/c1-14(35)45-25-13-44-32(30(47-16(3)37)29(25)46-15(2)36)48-28-21-8-19(11-34)18(10-33)7-20(21)26(27-22(28)12-43-31(27)38)17-5-6-23(24(9-17)42-4)49-50(39,40)41/h5-9,25,29-30,32-34H,10-13H2,1-4H3,(H2,39,40,41). The molecular formula is C32H33O17P. The predicted octanol–water partition coefficient (Wildman–Crippen LogP) is 2.17. The average molecular weight is 721 g/mol. The molecule has 2 heterocycles. The van der Waals surface area contributed by atoms with E-state index in [2.05, 4.69) is 0 Å². The first-order chi connectivity index (χ1) is 23.6. The highest BCUT2D eigenvalue weighted by atomic mass is 31.2. The molecule has 0 spiro atoms. The molecule has 0 aliphatic carbocycles. The number of esters is 4. The van der Waals surface area contributed by atoms with Gasteiger partial charge in [-0.15, -0.1) is 0 Å². The van der Waals surface area contributed by atoms with Gasteiger partial charge in [0.25, 0.3) is 0 Å². The highest BCUT2D eigenvalue weighted by Gasteiger charge is 2.49. The monoisotopic (exact) mass is 720 g/mol. The van der Waals surface area contributed by atoms with Crippen LogP contribution in [-0.2, 0) is 62.5 Å². The van der Waals surface area contributed by atoms with Crippen molar-refractivity contribution in [1.29, 1.82) is 0 Å². The van der Waals surface area contributed by atoms with Crippen molar-refractivity contribution in [1.82, 2.24) is 0 Å². The van der Waals surface area contributed by atoms with Gasteiger partial charge in [0.1, 0.15) is 12.4 Å². The van der Waals surface area contributed by atoms with Crippen molar-refractivity contribution in [2.45, 2.75) is 65.2 Å². The maximum atomic E-state index is 13.4. The first-order valence-electron chi connectivity index (χ1n) is 14.9. The largest absolute Gasteiger partial charge is 0.524 e. The van der Waals surface area contributed by atoms with Crippen LogP contribution in [0.15, 0.2) is 30.3 Å². The molecule has 0 aromatic heterocycles. The first kappa shape index (κ1) is 36.5. The van der Waals surface area contributed by atoms with Gasteiger partial charge in [0.15, 0.2) is 23.7 Å². The Labute approximate surface area is 283 Å². The van der Waals surface area contributed by atoms with Crippen molar-refractivity contribution in [3.63, 3.8) is 0 Å². The second kappa shape index (κ2) is 14.6. The number of methoxy groups -OCH3 is 1. The highest BCUT2D eigenvalue weighted by Crippen LogP contribution is 2.49. The fourth-order valence-electron chi connectivity index (χ4n) is 5.90. The Morgan fingerprint density at radius 3 is 2.06 bits per heavy atom. The molecule has 4 unspecified atom stereocenters. The highest BCUT2D eigenvalue weighted by molar-refractivity contribution is 7.46. The number of benzene rings is 3. The van der Waals surface area contributed by atoms with Crippen molar-refractivity contribution >= 4 is 42.5 Å². The van der Waals surface area contributed by atoms with Crippen LogP contribution in [0, 0.1) is 0 Å². The number of aliphatic hydroxyl groups excluding tert-OH is 2. The molecule has 268 valence electrons. The van der Waals surface area contributed by atoms with Crippen LogP contribution in [0.1, 0.15) is 47.8 Å². The van der Waals surface area contributed by atoms with Crippen LogP contribution < -0.4 is 14.0 Å². The second-order valence-corrected chi connectivity index (χ2v) is 12.3. The Hall–Kier alpha value is -4.77. The normalized spacial score (nSPS) is 20.0. The topological polar surface area (TPSA) is 240 Å². The van der Waals surface area contributed by atoms with E-state index < -0.39 is 69.5 Å². The molecule has 1 fully saturated rings. The molecule has 50 heavy (non-hydrogen) atoms. The summed E-state index contributed by atoms with van der Waals surface area (Å²) < 4.78 is 55.5. The van der Waals surface area contributed by atoms with Gasteiger partial charge < -0.3 is 47.9 Å². The molecule has 4 N–H and O–H groups in total. The summed E-state index contributed by atoms with van der Waals surface area (Å²) >= 11 is 0. The predicted molar refractivity (Wildman–Crippen MR) is 167 cm³/mol. The van der Waals surface area contributed by atoms with Gasteiger partial charge >= 0.3 is 31.7 Å². The minimum absolute atomic E-state index is 0.00742. The molecule has 3 aromatic rings. The summed E-state index contributed by atoms with van der Waals surface area (Å²) in [5, 5.41) is 20.9. The molecule has 0 bridgehead atoms. The van der Waals surface area contributed by atoms with Crippen LogP contribution in [0.4, 0.5) is 0 Å². The van der Waals surface area contributed by atoms with E-state index in [-0.39, 0.29) is 63.7 Å². The maximum absolute atomic E-state index is 13.4. The zero-order chi connectivity index (χ0) is 36.5. The molecule has 0 saturated carbocycles. The smallest absolute Gasteiger partial charge is 0.493 e. The van der Waals surface area contributed by atoms with Crippen molar-refractivity contribution in [2.24, 2.45) is 0 Å². The lowest BCUT2D eigenvalue weighted by molar-refractivity contribution is -0.259. The number of carbonyl (C=O) groups excluding carboxylic acids is 4. The number of hydrogen-bond acceptors (Lipinski definition) is 15. The Kier molecular flexibility index (Phi) is 10.7. The molecular weight excluding hydrogens is 687 g/mol. The van der Waals surface area contributed by atoms with Crippen LogP contribution in [0.3, 0.4) is 0 Å². The van der Waals surface area contributed by atoms with Gasteiger partial charge in [0, 0.05) is 37.3 Å². The van der Waals surface area contributed by atoms with Gasteiger partial charge in [-0.3, -0.25) is 24.2 Å². The lowest BCUT2D eigenvalue weighted by Gasteiger charge is -2.40. The number of hydrogen-bond donors (Lipinski definition) is 4. The maximum Gasteiger partial charge on any atom is 0.524 e. The van der Waals surface area contributed by atoms with E-state index in [4.69, 9.17) is 37.7 Å². The van der Waals surface area contributed by atoms with Crippen molar-refractivity contribution in [3.05, 3.63) is 52.6 Å². The van der Waals surface area contributed by atoms with Gasteiger partial charge in [-0.2, -0.15) is 0 Å². The van der Waals surface area contributed by atoms with Crippen LogP contribution in [0.5, 0.6) is 17.2 Å². The molecule has 4 atom stereocenters. The summed E-state index contributed by atoms with van der Waals surface area (Å²) in [6, 6.07) is 7.07. The number of rotatable bonds is 11. The summed E-state index contributed by atoms with van der Waals surface area (Å²) in [5.74, 6) is -3.47. The molecule has 2 aliphatic rings. The Balaban J connectivity index is 1.74. The molecule has 18 heteroatoms. The SMILES string of the molecule is COc1cc(-c2c3c(c(OC4OCC(OC(C)=O)C(OC(C)=O)C4OC(C)=O)c4cc(CO)c(CO)cc24)COC3=O)ccc1OP(=O)(O)O. The van der Waals surface area contributed by atoms with Crippen molar-refractivity contribution < 1.29 is 81.4 Å². The van der Waals surface area contributed by atoms with Crippen molar-refractivity contribution in [2.75, 3.05) is 13.7 Å². The molecule has 5 rings (SSSR count). The summed E-state index contributed by atoms with van der Waals surface area (Å²) in [4.78, 5) is 68.4. The number of phosphoric acid groups is 1. The molecule has 1 saturated heterocycles. The van der Waals surface area contributed by atoms with E-state index in [0.29, 0.717) is 10.9 Å². The quantitative estimate of drug-likeness (QED) is 0.126. The van der Waals surface area contributed by atoms with Gasteiger partial charge in [-0.25, -0.2) is 9.36 Å². The van der Waals surface area contributed by atoms with Crippen LogP contribution in [0.25, 0.3) is 21.9 Å². The zero-order valence-corrected chi connectivity index (χ0v) is 28.0. The third-order valence-electron chi connectivity index (χ3n) is 7.78. The van der Waals surface area contributed by atoms with E-state index in [9.17, 15) is 43.7 Å². The molecule has 3 aromatic carbocycles. The Morgan fingerprint density at radius 1 is 0.860 bits per heavy atom. The number of cyclic esters (lactones) is 1. The number of ether oxygens (including phenoxy) is 7. The fourth-order valence-corrected chi connectivity index (χ4v) is 6.31. The summed E-state index contributed by atoms with van der Waals surface area (Å²) in [6.07, 6.45) is -5.55. The minimum atomic E-state index is -4.98. The first-order valence-corrected chi connectivity index (χ1v) is 16.4. The van der Waals surface area contributed by atoms with Gasteiger partial charge in [-0.05, 0) is 46.3 Å². The minimum Gasteiger partial charge on any atom is -0.493 e. The molecule has 2 aliphatic heterocycles. The third kappa shape index (κ3) is 7.52. The lowest BCUT2D eigenvalue weighted by atomic mass is 9.87. The van der Waals surface area contributed by atoms with Gasteiger partial charge in [0.2, 0.25) is 12.4 Å². The molecule has 17 nitrogen and oxygen atoms in total. The second-order valence-electron chi connectivity index (χ2n) is 11.2. The molecule has 0 amide bonds. The van der Waals surface area contributed by atoms with E-state index in [1.807, 2.05) is 0 Å². The number of carbonyl (C=O) groups is 4. The van der Waals surface area contributed by atoms with E-state index >= 15 is 0 Å².